The van der Waals surface area contributed by atoms with Gasteiger partial charge < -0.3 is 32.3 Å². The summed E-state index contributed by atoms with van der Waals surface area (Å²) in [6, 6.07) is 0.568. The Morgan fingerprint density at radius 2 is 1.15 bits per heavy atom. The van der Waals surface area contributed by atoms with Crippen LogP contribution in [0.4, 0.5) is 13.2 Å². The van der Waals surface area contributed by atoms with Crippen LogP contribution in [0.2, 0.25) is 12.1 Å². The van der Waals surface area contributed by atoms with Gasteiger partial charge in [0.25, 0.3) is 0 Å². The molecule has 2 N–H and O–H groups in total. The standard InChI is InChI=1S/C9H19F3O3Si.C6H17NO3Si/c1-4-13-16(14-5-2,15-6-3)8-7-9(10,11)12;1-8-11(9-2,10-3)6-4-5-7/h4-8H2,1-3H3;4-7H2,1-3H3. The number of hydrogen-bond acceptors (Lipinski definition) is 7. The molecule has 12 heteroatoms. The van der Waals surface area contributed by atoms with E-state index in [9.17, 15) is 13.2 Å². The second-order valence-corrected chi connectivity index (χ2v) is 11.1. The Kier molecular flexibility index (Phi) is 17.1. The Morgan fingerprint density at radius 1 is 0.741 bits per heavy atom. The average molecular weight is 440 g/mol. The van der Waals surface area contributed by atoms with Crippen molar-refractivity contribution < 1.29 is 39.7 Å². The number of rotatable bonds is 14. The number of halogens is 3. The molecule has 166 valence electrons. The highest BCUT2D eigenvalue weighted by Gasteiger charge is 2.44. The summed E-state index contributed by atoms with van der Waals surface area (Å²) in [6.07, 6.45) is -4.26. The fraction of sp³-hybridized carbons (Fsp3) is 1.00. The van der Waals surface area contributed by atoms with Crippen LogP contribution in [0.1, 0.15) is 33.6 Å². The monoisotopic (exact) mass is 439 g/mol. The summed E-state index contributed by atoms with van der Waals surface area (Å²) >= 11 is 0. The first-order chi connectivity index (χ1) is 12.6. The van der Waals surface area contributed by atoms with Crippen molar-refractivity contribution in [2.24, 2.45) is 5.73 Å². The molecule has 0 bridgehead atoms. The number of alkyl halides is 3. The molecule has 7 nitrogen and oxygen atoms in total. The van der Waals surface area contributed by atoms with Gasteiger partial charge in [-0.15, -0.1) is 0 Å². The minimum absolute atomic E-state index is 0.216. The zero-order valence-electron chi connectivity index (χ0n) is 17.3. The molecule has 0 saturated heterocycles. The van der Waals surface area contributed by atoms with E-state index in [1.165, 1.54) is 0 Å². The molecular weight excluding hydrogens is 403 g/mol. The molecule has 0 rings (SSSR count). The number of hydrogen-bond donors (Lipinski definition) is 1. The minimum Gasteiger partial charge on any atom is -0.377 e. The van der Waals surface area contributed by atoms with Crippen LogP contribution in [0.5, 0.6) is 0 Å². The van der Waals surface area contributed by atoms with Gasteiger partial charge in [0.05, 0.1) is 0 Å². The first-order valence-electron chi connectivity index (χ1n) is 8.97. The van der Waals surface area contributed by atoms with Crippen molar-refractivity contribution in [1.82, 2.24) is 0 Å². The van der Waals surface area contributed by atoms with Crippen molar-refractivity contribution in [2.75, 3.05) is 47.7 Å². The van der Waals surface area contributed by atoms with E-state index >= 15 is 0 Å². The SMILES string of the molecule is CCO[Si](CCC(F)(F)F)(OCC)OCC.CO[Si](CCCN)(OC)OC. The average Bonchev–Trinajstić information content (AvgIpc) is 2.62. The topological polar surface area (TPSA) is 81.4 Å². The molecule has 0 aromatic heterocycles. The molecular formula is C15H36F3NO6Si2. The lowest BCUT2D eigenvalue weighted by molar-refractivity contribution is -0.133. The van der Waals surface area contributed by atoms with Crippen LogP contribution in [0.3, 0.4) is 0 Å². The highest BCUT2D eigenvalue weighted by molar-refractivity contribution is 6.61. The van der Waals surface area contributed by atoms with Crippen LogP contribution in [-0.2, 0) is 26.6 Å². The fourth-order valence-corrected chi connectivity index (χ4v) is 6.51. The van der Waals surface area contributed by atoms with Crippen LogP contribution >= 0.6 is 0 Å². The van der Waals surface area contributed by atoms with E-state index in [1.54, 1.807) is 42.1 Å². The molecule has 0 fully saturated rings. The lowest BCUT2D eigenvalue weighted by Gasteiger charge is -2.28. The molecule has 0 spiro atoms. The predicted octanol–water partition coefficient (Wildman–Crippen LogP) is 3.20. The fourth-order valence-electron chi connectivity index (χ4n) is 2.17. The molecule has 0 amide bonds. The van der Waals surface area contributed by atoms with Crippen molar-refractivity contribution in [3.63, 3.8) is 0 Å². The second kappa shape index (κ2) is 15.8. The zero-order chi connectivity index (χ0) is 21.4. The molecule has 0 aliphatic carbocycles. The quantitative estimate of drug-likeness (QED) is 0.416. The number of nitrogens with two attached hydrogens (primary N) is 1. The third-order valence-corrected chi connectivity index (χ3v) is 9.31. The van der Waals surface area contributed by atoms with Crippen LogP contribution < -0.4 is 5.73 Å². The van der Waals surface area contributed by atoms with Gasteiger partial charge in [-0.1, -0.05) is 0 Å². The van der Waals surface area contributed by atoms with Crippen LogP contribution in [0.15, 0.2) is 0 Å². The first-order valence-corrected chi connectivity index (χ1v) is 12.8. The molecule has 0 aliphatic rings. The molecule has 0 aromatic rings. The van der Waals surface area contributed by atoms with Crippen LogP contribution in [-0.4, -0.2) is 71.5 Å². The van der Waals surface area contributed by atoms with Crippen molar-refractivity contribution in [1.29, 1.82) is 0 Å². The van der Waals surface area contributed by atoms with E-state index in [0.29, 0.717) is 26.4 Å². The molecule has 0 radical (unpaired) electrons. The van der Waals surface area contributed by atoms with Crippen LogP contribution in [0, 0.1) is 0 Å². The van der Waals surface area contributed by atoms with Gasteiger partial charge in [0.15, 0.2) is 0 Å². The maximum atomic E-state index is 12.2. The van der Waals surface area contributed by atoms with Gasteiger partial charge in [-0.25, -0.2) is 0 Å². The van der Waals surface area contributed by atoms with Gasteiger partial charge >= 0.3 is 23.8 Å². The Labute approximate surface area is 163 Å². The molecule has 0 atom stereocenters. The van der Waals surface area contributed by atoms with Crippen molar-refractivity contribution in [3.05, 3.63) is 0 Å². The zero-order valence-corrected chi connectivity index (χ0v) is 19.3. The summed E-state index contributed by atoms with van der Waals surface area (Å²) in [6.45, 7) is 6.68. The molecule has 0 heterocycles. The third kappa shape index (κ3) is 13.7. The molecule has 0 aromatic carbocycles. The van der Waals surface area contributed by atoms with Gasteiger partial charge in [-0.3, -0.25) is 0 Å². The Hall–Kier alpha value is -0.0562. The molecule has 27 heavy (non-hydrogen) atoms. The van der Waals surface area contributed by atoms with Gasteiger partial charge in [0.1, 0.15) is 0 Å². The van der Waals surface area contributed by atoms with Crippen molar-refractivity contribution >= 4 is 17.6 Å². The minimum atomic E-state index is -4.20. The van der Waals surface area contributed by atoms with Crippen LogP contribution in [0.25, 0.3) is 0 Å². The Bertz CT molecular complexity index is 325. The van der Waals surface area contributed by atoms with E-state index in [-0.39, 0.29) is 6.04 Å². The summed E-state index contributed by atoms with van der Waals surface area (Å²) in [5.41, 5.74) is 5.36. The summed E-state index contributed by atoms with van der Waals surface area (Å²) < 4.78 is 67.9. The van der Waals surface area contributed by atoms with Gasteiger partial charge in [0.2, 0.25) is 0 Å². The van der Waals surface area contributed by atoms with Gasteiger partial charge in [-0.05, 0) is 33.7 Å². The highest BCUT2D eigenvalue weighted by Crippen LogP contribution is 2.28. The van der Waals surface area contributed by atoms with E-state index in [1.807, 2.05) is 0 Å². The van der Waals surface area contributed by atoms with Crippen molar-refractivity contribution in [2.45, 2.75) is 51.9 Å². The Morgan fingerprint density at radius 3 is 1.41 bits per heavy atom. The predicted molar refractivity (Wildman–Crippen MR) is 101 cm³/mol. The Balaban J connectivity index is 0. The molecule has 0 unspecified atom stereocenters. The maximum Gasteiger partial charge on any atom is 0.501 e. The summed E-state index contributed by atoms with van der Waals surface area (Å²) in [7, 11) is -0.623. The van der Waals surface area contributed by atoms with E-state index in [0.717, 1.165) is 12.5 Å². The maximum absolute atomic E-state index is 12.2. The van der Waals surface area contributed by atoms with Gasteiger partial charge in [-0.2, -0.15) is 13.2 Å². The van der Waals surface area contributed by atoms with Crippen molar-refractivity contribution in [3.8, 4) is 0 Å². The summed E-state index contributed by atoms with van der Waals surface area (Å²) in [5, 5.41) is 0. The third-order valence-electron chi connectivity index (χ3n) is 3.43. The lowest BCUT2D eigenvalue weighted by Crippen LogP contribution is -2.46. The lowest BCUT2D eigenvalue weighted by atomic mass is 10.5. The summed E-state index contributed by atoms with van der Waals surface area (Å²) in [5.74, 6) is 0. The second-order valence-electron chi connectivity index (χ2n) is 5.28. The first kappa shape index (κ1) is 29.1. The largest absolute Gasteiger partial charge is 0.501 e. The molecule has 0 saturated carbocycles. The molecule has 0 aliphatic heterocycles. The normalized spacial score (nSPS) is 12.7. The van der Waals surface area contributed by atoms with E-state index < -0.39 is 30.2 Å². The van der Waals surface area contributed by atoms with E-state index in [2.05, 4.69) is 0 Å². The smallest absolute Gasteiger partial charge is 0.377 e. The summed E-state index contributed by atoms with van der Waals surface area (Å²) in [4.78, 5) is 0. The van der Waals surface area contributed by atoms with E-state index in [4.69, 9.17) is 32.3 Å². The highest BCUT2D eigenvalue weighted by atomic mass is 28.4. The van der Waals surface area contributed by atoms with Gasteiger partial charge in [0, 0.05) is 59.7 Å².